The average molecular weight is 598 g/mol. The maximum absolute atomic E-state index is 14.1. The molecule has 0 heterocycles. The number of carbonyl (C=O) groups excluding carboxylic acids is 2. The molecule has 41 heavy (non-hydrogen) atoms. The highest BCUT2D eigenvalue weighted by molar-refractivity contribution is 7.92. The summed E-state index contributed by atoms with van der Waals surface area (Å²) in [5.74, 6) is -0.725. The third-order valence-corrected chi connectivity index (χ3v) is 9.21. The van der Waals surface area contributed by atoms with Crippen molar-refractivity contribution in [2.24, 2.45) is 0 Å². The Morgan fingerprint density at radius 2 is 1.59 bits per heavy atom. The van der Waals surface area contributed by atoms with Crippen LogP contribution in [0.4, 0.5) is 5.69 Å². The minimum atomic E-state index is -4.15. The molecular weight excluding hydrogens is 558 g/mol. The molecule has 9 heteroatoms. The number of aryl methyl sites for hydroxylation is 2. The van der Waals surface area contributed by atoms with Crippen molar-refractivity contribution in [3.63, 3.8) is 0 Å². The summed E-state index contributed by atoms with van der Waals surface area (Å²) in [6.07, 6.45) is 1.64. The van der Waals surface area contributed by atoms with Gasteiger partial charge in [-0.05, 0) is 75.4 Å². The molecule has 0 saturated carbocycles. The van der Waals surface area contributed by atoms with Crippen molar-refractivity contribution in [3.8, 4) is 0 Å². The highest BCUT2D eigenvalue weighted by atomic mass is 35.5. The first kappa shape index (κ1) is 32.2. The van der Waals surface area contributed by atoms with Crippen molar-refractivity contribution >= 4 is 39.1 Å². The van der Waals surface area contributed by atoms with Crippen molar-refractivity contribution in [2.45, 2.75) is 70.9 Å². The van der Waals surface area contributed by atoms with E-state index in [1.807, 2.05) is 58.0 Å². The number of nitrogens with one attached hydrogen (secondary N) is 1. The number of nitrogens with zero attached hydrogens (tertiary/aromatic N) is 2. The maximum atomic E-state index is 14.1. The molecule has 3 aromatic rings. The van der Waals surface area contributed by atoms with E-state index in [2.05, 4.69) is 5.32 Å². The van der Waals surface area contributed by atoms with E-state index in [0.717, 1.165) is 21.9 Å². The van der Waals surface area contributed by atoms with Gasteiger partial charge in [-0.1, -0.05) is 79.5 Å². The Morgan fingerprint density at radius 1 is 0.927 bits per heavy atom. The third-order valence-electron chi connectivity index (χ3n) is 7.20. The molecule has 0 fully saturated rings. The predicted octanol–water partition coefficient (Wildman–Crippen LogP) is 5.92. The van der Waals surface area contributed by atoms with Crippen LogP contribution in [-0.4, -0.2) is 50.3 Å². The molecule has 0 aromatic heterocycles. The smallest absolute Gasteiger partial charge is 0.264 e. The summed E-state index contributed by atoms with van der Waals surface area (Å²) in [6, 6.07) is 20.3. The SMILES string of the molecule is CCC(C)NC(=O)C(CC)N(CCc1ccccc1)C(=O)CN(c1cc(Cl)ccc1C)S(=O)(=O)c1ccc(C)cc1. The van der Waals surface area contributed by atoms with E-state index in [9.17, 15) is 18.0 Å². The number of hydrogen-bond donors (Lipinski definition) is 1. The Hall–Kier alpha value is -3.36. The Labute approximate surface area is 249 Å². The topological polar surface area (TPSA) is 86.8 Å². The fourth-order valence-corrected chi connectivity index (χ4v) is 6.18. The van der Waals surface area contributed by atoms with Gasteiger partial charge in [0.1, 0.15) is 12.6 Å². The number of rotatable bonds is 13. The number of anilines is 1. The third kappa shape index (κ3) is 8.33. The van der Waals surface area contributed by atoms with Crippen LogP contribution in [-0.2, 0) is 26.0 Å². The molecule has 2 unspecified atom stereocenters. The van der Waals surface area contributed by atoms with Gasteiger partial charge in [-0.3, -0.25) is 13.9 Å². The standard InChI is InChI=1S/C32H40ClN3O4S/c1-6-25(5)34-32(38)29(7-2)35(20-19-26-11-9-8-10-12-26)31(37)22-36(30-21-27(33)16-15-24(30)4)41(39,40)28-17-13-23(3)14-18-28/h8-18,21,25,29H,6-7,19-20,22H2,1-5H3,(H,34,38). The van der Waals surface area contributed by atoms with Gasteiger partial charge in [0.25, 0.3) is 10.0 Å². The lowest BCUT2D eigenvalue weighted by molar-refractivity contribution is -0.139. The molecule has 220 valence electrons. The molecule has 2 atom stereocenters. The normalized spacial score (nSPS) is 12.8. The summed E-state index contributed by atoms with van der Waals surface area (Å²) in [5, 5.41) is 3.34. The Morgan fingerprint density at radius 3 is 2.20 bits per heavy atom. The summed E-state index contributed by atoms with van der Waals surface area (Å²) in [5.41, 5.74) is 2.88. The second-order valence-electron chi connectivity index (χ2n) is 10.3. The second-order valence-corrected chi connectivity index (χ2v) is 12.6. The van der Waals surface area contributed by atoms with Gasteiger partial charge in [0.05, 0.1) is 10.6 Å². The van der Waals surface area contributed by atoms with Crippen LogP contribution < -0.4 is 9.62 Å². The fourth-order valence-electron chi connectivity index (χ4n) is 4.54. The van der Waals surface area contributed by atoms with Gasteiger partial charge < -0.3 is 10.2 Å². The van der Waals surface area contributed by atoms with Gasteiger partial charge in [0, 0.05) is 17.6 Å². The number of halogens is 1. The van der Waals surface area contributed by atoms with Crippen LogP contribution >= 0.6 is 11.6 Å². The molecule has 0 aliphatic carbocycles. The zero-order valence-electron chi connectivity index (χ0n) is 24.4. The van der Waals surface area contributed by atoms with Gasteiger partial charge >= 0.3 is 0 Å². The number of benzene rings is 3. The summed E-state index contributed by atoms with van der Waals surface area (Å²) >= 11 is 6.30. The van der Waals surface area contributed by atoms with Crippen molar-refractivity contribution < 1.29 is 18.0 Å². The van der Waals surface area contributed by atoms with Gasteiger partial charge in [-0.25, -0.2) is 8.42 Å². The molecule has 0 saturated heterocycles. The van der Waals surface area contributed by atoms with Gasteiger partial charge in [0.2, 0.25) is 11.8 Å². The van der Waals surface area contributed by atoms with Crippen LogP contribution in [0.15, 0.2) is 77.7 Å². The van der Waals surface area contributed by atoms with E-state index in [4.69, 9.17) is 11.6 Å². The van der Waals surface area contributed by atoms with E-state index in [1.165, 1.54) is 17.0 Å². The highest BCUT2D eigenvalue weighted by Gasteiger charge is 2.34. The zero-order chi connectivity index (χ0) is 30.2. The lowest BCUT2D eigenvalue weighted by atomic mass is 10.1. The van der Waals surface area contributed by atoms with Gasteiger partial charge in [-0.15, -0.1) is 0 Å². The molecule has 3 rings (SSSR count). The number of sulfonamides is 1. The molecule has 0 bridgehead atoms. The van der Waals surface area contributed by atoms with Gasteiger partial charge in [0.15, 0.2) is 0 Å². The first-order valence-corrected chi connectivity index (χ1v) is 15.8. The molecule has 2 amide bonds. The van der Waals surface area contributed by atoms with E-state index in [1.54, 1.807) is 37.3 Å². The Kier molecular flexibility index (Phi) is 11.4. The molecule has 0 spiro atoms. The van der Waals surface area contributed by atoms with Crippen molar-refractivity contribution in [2.75, 3.05) is 17.4 Å². The van der Waals surface area contributed by atoms with Crippen LogP contribution in [0, 0.1) is 13.8 Å². The highest BCUT2D eigenvalue weighted by Crippen LogP contribution is 2.30. The minimum absolute atomic E-state index is 0.0600. The van der Waals surface area contributed by atoms with Crippen LogP contribution in [0.2, 0.25) is 5.02 Å². The van der Waals surface area contributed by atoms with E-state index >= 15 is 0 Å². The van der Waals surface area contributed by atoms with E-state index < -0.39 is 28.5 Å². The molecule has 0 radical (unpaired) electrons. The zero-order valence-corrected chi connectivity index (χ0v) is 26.0. The molecular formula is C32H40ClN3O4S. The molecule has 0 aliphatic heterocycles. The summed E-state index contributed by atoms with van der Waals surface area (Å²) in [4.78, 5) is 29.1. The lowest BCUT2D eigenvalue weighted by Crippen LogP contribution is -2.54. The Bertz CT molecular complexity index is 1430. The van der Waals surface area contributed by atoms with Crippen LogP contribution in [0.3, 0.4) is 0 Å². The predicted molar refractivity (Wildman–Crippen MR) is 166 cm³/mol. The minimum Gasteiger partial charge on any atom is -0.352 e. The summed E-state index contributed by atoms with van der Waals surface area (Å²) in [7, 11) is -4.15. The number of hydrogen-bond acceptors (Lipinski definition) is 4. The summed E-state index contributed by atoms with van der Waals surface area (Å²) < 4.78 is 29.2. The largest absolute Gasteiger partial charge is 0.352 e. The first-order chi connectivity index (χ1) is 19.5. The van der Waals surface area contributed by atoms with E-state index in [0.29, 0.717) is 29.1 Å². The van der Waals surface area contributed by atoms with Gasteiger partial charge in [-0.2, -0.15) is 0 Å². The average Bonchev–Trinajstić information content (AvgIpc) is 2.95. The molecule has 1 N–H and O–H groups in total. The quantitative estimate of drug-likeness (QED) is 0.265. The first-order valence-electron chi connectivity index (χ1n) is 14.0. The molecule has 0 aliphatic rings. The number of carbonyl (C=O) groups is 2. The van der Waals surface area contributed by atoms with Crippen LogP contribution in [0.25, 0.3) is 0 Å². The Balaban J connectivity index is 2.05. The van der Waals surface area contributed by atoms with Crippen molar-refractivity contribution in [1.82, 2.24) is 10.2 Å². The van der Waals surface area contributed by atoms with Crippen molar-refractivity contribution in [1.29, 1.82) is 0 Å². The second kappa shape index (κ2) is 14.5. The summed E-state index contributed by atoms with van der Waals surface area (Å²) in [6.45, 7) is 9.16. The van der Waals surface area contributed by atoms with Crippen LogP contribution in [0.1, 0.15) is 50.3 Å². The van der Waals surface area contributed by atoms with Crippen LogP contribution in [0.5, 0.6) is 0 Å². The lowest BCUT2D eigenvalue weighted by Gasteiger charge is -2.34. The maximum Gasteiger partial charge on any atom is 0.264 e. The fraction of sp³-hybridized carbons (Fsp3) is 0.375. The molecule has 3 aromatic carbocycles. The molecule has 7 nitrogen and oxygen atoms in total. The van der Waals surface area contributed by atoms with Crippen molar-refractivity contribution in [3.05, 3.63) is 94.5 Å². The van der Waals surface area contributed by atoms with E-state index in [-0.39, 0.29) is 23.4 Å². The monoisotopic (exact) mass is 597 g/mol. The number of amides is 2.